The lowest BCUT2D eigenvalue weighted by Crippen LogP contribution is -2.42. The van der Waals surface area contributed by atoms with Gasteiger partial charge < -0.3 is 10.1 Å². The second kappa shape index (κ2) is 4.42. The van der Waals surface area contributed by atoms with Crippen LogP contribution in [0.3, 0.4) is 0 Å². The summed E-state index contributed by atoms with van der Waals surface area (Å²) in [6, 6.07) is 1.46. The van der Waals surface area contributed by atoms with Gasteiger partial charge in [-0.15, -0.1) is 0 Å². The van der Waals surface area contributed by atoms with Crippen LogP contribution < -0.4 is 5.32 Å². The first-order chi connectivity index (χ1) is 7.05. The van der Waals surface area contributed by atoms with Gasteiger partial charge in [0.15, 0.2) is 0 Å². The third-order valence-electron chi connectivity index (χ3n) is 3.93. The summed E-state index contributed by atoms with van der Waals surface area (Å²) in [4.78, 5) is 0. The molecule has 2 aliphatic rings. The van der Waals surface area contributed by atoms with E-state index in [4.69, 9.17) is 4.74 Å². The summed E-state index contributed by atoms with van der Waals surface area (Å²) < 4.78 is 5.57. The highest BCUT2D eigenvalue weighted by Crippen LogP contribution is 2.37. The molecule has 0 amide bonds. The Bertz CT molecular complexity index is 215. The van der Waals surface area contributed by atoms with E-state index < -0.39 is 0 Å². The number of rotatable bonds is 2. The molecule has 2 nitrogen and oxygen atoms in total. The van der Waals surface area contributed by atoms with E-state index in [2.05, 4.69) is 26.1 Å². The maximum absolute atomic E-state index is 5.57. The largest absolute Gasteiger partial charge is 0.378 e. The molecule has 2 heteroatoms. The molecule has 0 radical (unpaired) electrons. The summed E-state index contributed by atoms with van der Waals surface area (Å²) in [6.07, 6.45) is 6.92. The predicted octanol–water partition coefficient (Wildman–Crippen LogP) is 2.72. The SMILES string of the molecule is CC1CC(NC2CCC(C)(C)C2)CCO1. The second-order valence-electron chi connectivity index (χ2n) is 6.17. The normalized spacial score (nSPS) is 40.6. The van der Waals surface area contributed by atoms with E-state index in [-0.39, 0.29) is 0 Å². The van der Waals surface area contributed by atoms with Crippen LogP contribution >= 0.6 is 0 Å². The van der Waals surface area contributed by atoms with E-state index in [0.29, 0.717) is 17.6 Å². The van der Waals surface area contributed by atoms with Crippen molar-refractivity contribution < 1.29 is 4.74 Å². The lowest BCUT2D eigenvalue weighted by Gasteiger charge is -2.30. The van der Waals surface area contributed by atoms with Crippen LogP contribution in [-0.2, 0) is 4.74 Å². The van der Waals surface area contributed by atoms with Gasteiger partial charge in [-0.1, -0.05) is 13.8 Å². The molecular formula is C13H25NO. The zero-order valence-corrected chi connectivity index (χ0v) is 10.4. The lowest BCUT2D eigenvalue weighted by molar-refractivity contribution is 0.0112. The van der Waals surface area contributed by atoms with Gasteiger partial charge in [0.25, 0.3) is 0 Å². The lowest BCUT2D eigenvalue weighted by atomic mass is 9.91. The fourth-order valence-electron chi connectivity index (χ4n) is 3.06. The van der Waals surface area contributed by atoms with Crippen LogP contribution in [0.1, 0.15) is 52.9 Å². The van der Waals surface area contributed by atoms with E-state index in [1.54, 1.807) is 0 Å². The molecule has 0 aromatic rings. The van der Waals surface area contributed by atoms with Crippen LogP contribution in [-0.4, -0.2) is 24.8 Å². The van der Waals surface area contributed by atoms with Crippen LogP contribution in [0.2, 0.25) is 0 Å². The van der Waals surface area contributed by atoms with E-state index in [1.165, 1.54) is 32.1 Å². The Morgan fingerprint density at radius 3 is 2.60 bits per heavy atom. The molecule has 1 saturated carbocycles. The Labute approximate surface area is 93.8 Å². The van der Waals surface area contributed by atoms with Crippen molar-refractivity contribution in [1.82, 2.24) is 5.32 Å². The van der Waals surface area contributed by atoms with Crippen LogP contribution in [0.15, 0.2) is 0 Å². The molecule has 2 fully saturated rings. The summed E-state index contributed by atoms with van der Waals surface area (Å²) >= 11 is 0. The highest BCUT2D eigenvalue weighted by atomic mass is 16.5. The van der Waals surface area contributed by atoms with E-state index in [1.807, 2.05) is 0 Å². The Balaban J connectivity index is 1.77. The molecule has 3 unspecified atom stereocenters. The van der Waals surface area contributed by atoms with Crippen LogP contribution in [0.5, 0.6) is 0 Å². The average molecular weight is 211 g/mol. The quantitative estimate of drug-likeness (QED) is 0.758. The molecule has 1 N–H and O–H groups in total. The first kappa shape index (κ1) is 11.4. The van der Waals surface area contributed by atoms with Gasteiger partial charge in [-0.2, -0.15) is 0 Å². The summed E-state index contributed by atoms with van der Waals surface area (Å²) in [6.45, 7) is 7.91. The Hall–Kier alpha value is -0.0800. The van der Waals surface area contributed by atoms with Crippen molar-refractivity contribution >= 4 is 0 Å². The minimum atomic E-state index is 0.450. The number of nitrogens with one attached hydrogen (secondary N) is 1. The predicted molar refractivity (Wildman–Crippen MR) is 63.0 cm³/mol. The fraction of sp³-hybridized carbons (Fsp3) is 1.00. The molecule has 0 spiro atoms. The number of hydrogen-bond acceptors (Lipinski definition) is 2. The molecule has 2 rings (SSSR count). The maximum atomic E-state index is 5.57. The monoisotopic (exact) mass is 211 g/mol. The first-order valence-electron chi connectivity index (χ1n) is 6.43. The second-order valence-corrected chi connectivity index (χ2v) is 6.17. The van der Waals surface area contributed by atoms with Crippen molar-refractivity contribution in [3.63, 3.8) is 0 Å². The van der Waals surface area contributed by atoms with Crippen molar-refractivity contribution in [2.45, 2.75) is 71.1 Å². The minimum Gasteiger partial charge on any atom is -0.378 e. The number of ether oxygens (including phenoxy) is 1. The van der Waals surface area contributed by atoms with E-state index in [9.17, 15) is 0 Å². The van der Waals surface area contributed by atoms with Crippen LogP contribution in [0.25, 0.3) is 0 Å². The summed E-state index contributed by atoms with van der Waals surface area (Å²) in [5, 5.41) is 3.82. The Morgan fingerprint density at radius 2 is 2.00 bits per heavy atom. The standard InChI is InChI=1S/C13H25NO/c1-10-8-11(5-7-15-10)14-12-4-6-13(2,3)9-12/h10-12,14H,4-9H2,1-3H3. The van der Waals surface area contributed by atoms with Gasteiger partial charge in [-0.3, -0.25) is 0 Å². The minimum absolute atomic E-state index is 0.450. The summed E-state index contributed by atoms with van der Waals surface area (Å²) in [7, 11) is 0. The molecular weight excluding hydrogens is 186 g/mol. The van der Waals surface area contributed by atoms with Gasteiger partial charge in [0.05, 0.1) is 6.10 Å². The highest BCUT2D eigenvalue weighted by Gasteiger charge is 2.32. The smallest absolute Gasteiger partial charge is 0.0561 e. The molecule has 1 aliphatic carbocycles. The van der Waals surface area contributed by atoms with Crippen molar-refractivity contribution in [3.05, 3.63) is 0 Å². The topological polar surface area (TPSA) is 21.3 Å². The third-order valence-corrected chi connectivity index (χ3v) is 3.93. The summed E-state index contributed by atoms with van der Waals surface area (Å²) in [5.74, 6) is 0. The van der Waals surface area contributed by atoms with Gasteiger partial charge in [0.1, 0.15) is 0 Å². The maximum Gasteiger partial charge on any atom is 0.0561 e. The third kappa shape index (κ3) is 3.18. The average Bonchev–Trinajstić information content (AvgIpc) is 2.45. The molecule has 0 aromatic carbocycles. The van der Waals surface area contributed by atoms with Gasteiger partial charge in [0, 0.05) is 18.7 Å². The molecule has 1 saturated heterocycles. The van der Waals surface area contributed by atoms with Gasteiger partial charge in [-0.25, -0.2) is 0 Å². The fourth-order valence-corrected chi connectivity index (χ4v) is 3.06. The van der Waals surface area contributed by atoms with Crippen molar-refractivity contribution in [3.8, 4) is 0 Å². The molecule has 0 aromatic heterocycles. The molecule has 1 aliphatic heterocycles. The van der Waals surface area contributed by atoms with Gasteiger partial charge >= 0.3 is 0 Å². The van der Waals surface area contributed by atoms with Crippen molar-refractivity contribution in [1.29, 1.82) is 0 Å². The van der Waals surface area contributed by atoms with Gasteiger partial charge in [-0.05, 0) is 44.4 Å². The van der Waals surface area contributed by atoms with Gasteiger partial charge in [0.2, 0.25) is 0 Å². The Morgan fingerprint density at radius 1 is 1.20 bits per heavy atom. The Kier molecular flexibility index (Phi) is 3.36. The molecule has 3 atom stereocenters. The van der Waals surface area contributed by atoms with Crippen molar-refractivity contribution in [2.75, 3.05) is 6.61 Å². The molecule has 88 valence electrons. The van der Waals surface area contributed by atoms with E-state index >= 15 is 0 Å². The number of hydrogen-bond donors (Lipinski definition) is 1. The van der Waals surface area contributed by atoms with Crippen LogP contribution in [0.4, 0.5) is 0 Å². The molecule has 0 bridgehead atoms. The zero-order chi connectivity index (χ0) is 10.9. The summed E-state index contributed by atoms with van der Waals surface area (Å²) in [5.41, 5.74) is 0.564. The highest BCUT2D eigenvalue weighted by molar-refractivity contribution is 4.89. The van der Waals surface area contributed by atoms with Crippen molar-refractivity contribution in [2.24, 2.45) is 5.41 Å². The first-order valence-corrected chi connectivity index (χ1v) is 6.43. The zero-order valence-electron chi connectivity index (χ0n) is 10.4. The molecule has 15 heavy (non-hydrogen) atoms. The van der Waals surface area contributed by atoms with E-state index in [0.717, 1.165) is 12.6 Å². The van der Waals surface area contributed by atoms with Crippen LogP contribution in [0, 0.1) is 5.41 Å². The molecule has 1 heterocycles.